The molecular formula is C18H23NO2. The standard InChI is InChI=1S/C18H23NO2/c1-12(2)16-9-8-13(3)10-17(16)21-18(20)14-6-5-7-15(11-14)19-4/h5-7,11-13,16-17H,8-10H2,1-3H3/t13-,16+,17-/m0/s1. The van der Waals surface area contributed by atoms with Crippen molar-refractivity contribution in [2.24, 2.45) is 17.8 Å². The van der Waals surface area contributed by atoms with Crippen molar-refractivity contribution in [3.8, 4) is 0 Å². The molecule has 0 saturated heterocycles. The Labute approximate surface area is 127 Å². The van der Waals surface area contributed by atoms with E-state index in [4.69, 9.17) is 11.3 Å². The van der Waals surface area contributed by atoms with Crippen molar-refractivity contribution in [3.05, 3.63) is 41.2 Å². The Morgan fingerprint density at radius 3 is 2.81 bits per heavy atom. The van der Waals surface area contributed by atoms with Crippen molar-refractivity contribution in [1.29, 1.82) is 0 Å². The van der Waals surface area contributed by atoms with Crippen molar-refractivity contribution in [2.45, 2.75) is 46.1 Å². The highest BCUT2D eigenvalue weighted by Gasteiger charge is 2.33. The number of rotatable bonds is 3. The summed E-state index contributed by atoms with van der Waals surface area (Å²) in [5.74, 6) is 1.26. The fourth-order valence-electron chi connectivity index (χ4n) is 3.16. The molecule has 3 nitrogen and oxygen atoms in total. The highest BCUT2D eigenvalue weighted by molar-refractivity contribution is 5.90. The molecule has 0 aromatic heterocycles. The third kappa shape index (κ3) is 3.85. The average Bonchev–Trinajstić information content (AvgIpc) is 2.47. The number of ether oxygens (including phenoxy) is 1. The molecule has 3 heteroatoms. The van der Waals surface area contributed by atoms with Crippen molar-refractivity contribution in [3.63, 3.8) is 0 Å². The van der Waals surface area contributed by atoms with E-state index in [0.717, 1.165) is 12.8 Å². The number of carbonyl (C=O) groups excluding carboxylic acids is 1. The summed E-state index contributed by atoms with van der Waals surface area (Å²) in [7, 11) is 0. The summed E-state index contributed by atoms with van der Waals surface area (Å²) in [6.07, 6.45) is 3.28. The van der Waals surface area contributed by atoms with E-state index in [0.29, 0.717) is 29.0 Å². The molecule has 0 aliphatic heterocycles. The van der Waals surface area contributed by atoms with Crippen LogP contribution >= 0.6 is 0 Å². The molecular weight excluding hydrogens is 262 g/mol. The normalized spacial score (nSPS) is 25.4. The molecule has 1 aliphatic carbocycles. The maximum Gasteiger partial charge on any atom is 0.337 e. The minimum atomic E-state index is -0.301. The molecule has 1 aromatic carbocycles. The van der Waals surface area contributed by atoms with Gasteiger partial charge in [0.1, 0.15) is 6.10 Å². The van der Waals surface area contributed by atoms with Crippen LogP contribution in [0.1, 0.15) is 50.4 Å². The fraction of sp³-hybridized carbons (Fsp3) is 0.556. The lowest BCUT2D eigenvalue weighted by atomic mass is 9.75. The number of hydrogen-bond acceptors (Lipinski definition) is 2. The molecule has 0 bridgehead atoms. The number of esters is 1. The van der Waals surface area contributed by atoms with Gasteiger partial charge in [-0.3, -0.25) is 0 Å². The van der Waals surface area contributed by atoms with Crippen LogP contribution in [0.2, 0.25) is 0 Å². The Bertz CT molecular complexity index is 544. The van der Waals surface area contributed by atoms with E-state index in [1.54, 1.807) is 24.3 Å². The van der Waals surface area contributed by atoms with Crippen LogP contribution in [0.5, 0.6) is 0 Å². The van der Waals surface area contributed by atoms with E-state index in [9.17, 15) is 4.79 Å². The Morgan fingerprint density at radius 2 is 2.14 bits per heavy atom. The molecule has 0 spiro atoms. The van der Waals surface area contributed by atoms with E-state index in [1.807, 2.05) is 0 Å². The maximum atomic E-state index is 12.3. The monoisotopic (exact) mass is 285 g/mol. The van der Waals surface area contributed by atoms with Crippen LogP contribution in [0.3, 0.4) is 0 Å². The first-order valence-corrected chi connectivity index (χ1v) is 7.69. The summed E-state index contributed by atoms with van der Waals surface area (Å²) >= 11 is 0. The Hall–Kier alpha value is -1.82. The number of hydrogen-bond donors (Lipinski definition) is 0. The Morgan fingerprint density at radius 1 is 1.38 bits per heavy atom. The van der Waals surface area contributed by atoms with Gasteiger partial charge in [0.2, 0.25) is 0 Å². The summed E-state index contributed by atoms with van der Waals surface area (Å²) in [5.41, 5.74) is 0.950. The second-order valence-corrected chi connectivity index (χ2v) is 6.43. The van der Waals surface area contributed by atoms with Crippen molar-refractivity contribution < 1.29 is 9.53 Å². The van der Waals surface area contributed by atoms with Gasteiger partial charge >= 0.3 is 5.97 Å². The summed E-state index contributed by atoms with van der Waals surface area (Å²) in [6, 6.07) is 6.75. The average molecular weight is 285 g/mol. The molecule has 1 aromatic rings. The van der Waals surface area contributed by atoms with Gasteiger partial charge in [-0.05, 0) is 36.7 Å². The molecule has 0 unspecified atom stereocenters. The summed E-state index contributed by atoms with van der Waals surface area (Å²) < 4.78 is 5.78. The summed E-state index contributed by atoms with van der Waals surface area (Å²) in [4.78, 5) is 15.7. The van der Waals surface area contributed by atoms with E-state index in [-0.39, 0.29) is 12.1 Å². The van der Waals surface area contributed by atoms with Gasteiger partial charge in [0.15, 0.2) is 5.69 Å². The first-order chi connectivity index (χ1) is 10.0. The predicted molar refractivity (Wildman–Crippen MR) is 83.3 cm³/mol. The van der Waals surface area contributed by atoms with Gasteiger partial charge in [0.05, 0.1) is 6.57 Å². The molecule has 1 fully saturated rings. The lowest BCUT2D eigenvalue weighted by Crippen LogP contribution is -2.35. The molecule has 0 N–H and O–H groups in total. The van der Waals surface area contributed by atoms with Crippen LogP contribution in [-0.2, 0) is 4.74 Å². The minimum Gasteiger partial charge on any atom is -0.459 e. The number of nitrogens with zero attached hydrogens (tertiary/aromatic N) is 1. The SMILES string of the molecule is [C-]#[N+]c1cccc(C(=O)O[C@H]2C[C@@H](C)CC[C@@H]2C(C)C)c1. The topological polar surface area (TPSA) is 30.7 Å². The van der Waals surface area contributed by atoms with E-state index >= 15 is 0 Å². The van der Waals surface area contributed by atoms with E-state index < -0.39 is 0 Å². The van der Waals surface area contributed by atoms with Gasteiger partial charge in [-0.1, -0.05) is 45.4 Å². The molecule has 3 atom stereocenters. The lowest BCUT2D eigenvalue weighted by Gasteiger charge is -2.36. The smallest absolute Gasteiger partial charge is 0.337 e. The van der Waals surface area contributed by atoms with Gasteiger partial charge in [0.25, 0.3) is 0 Å². The van der Waals surface area contributed by atoms with E-state index in [1.165, 1.54) is 6.42 Å². The number of benzene rings is 1. The molecule has 1 saturated carbocycles. The van der Waals surface area contributed by atoms with Crippen molar-refractivity contribution >= 4 is 11.7 Å². The third-order valence-electron chi connectivity index (χ3n) is 4.43. The minimum absolute atomic E-state index is 0.00199. The van der Waals surface area contributed by atoms with Crippen LogP contribution in [0.4, 0.5) is 5.69 Å². The molecule has 2 rings (SSSR count). The predicted octanol–water partition coefficient (Wildman–Crippen LogP) is 4.85. The summed E-state index contributed by atoms with van der Waals surface area (Å²) in [6.45, 7) is 13.6. The quantitative estimate of drug-likeness (QED) is 0.587. The molecule has 0 radical (unpaired) electrons. The van der Waals surface area contributed by atoms with Crippen molar-refractivity contribution in [1.82, 2.24) is 0 Å². The molecule has 0 amide bonds. The van der Waals surface area contributed by atoms with Crippen LogP contribution in [-0.4, -0.2) is 12.1 Å². The van der Waals surface area contributed by atoms with Crippen LogP contribution in [0, 0.1) is 24.3 Å². The second-order valence-electron chi connectivity index (χ2n) is 6.43. The number of carbonyl (C=O) groups is 1. The van der Waals surface area contributed by atoms with Gasteiger partial charge in [0, 0.05) is 5.56 Å². The molecule has 1 aliphatic rings. The second kappa shape index (κ2) is 6.76. The zero-order valence-corrected chi connectivity index (χ0v) is 13.0. The highest BCUT2D eigenvalue weighted by atomic mass is 16.5. The lowest BCUT2D eigenvalue weighted by molar-refractivity contribution is -0.0174. The Kier molecular flexibility index (Phi) is 5.01. The van der Waals surface area contributed by atoms with Gasteiger partial charge in [-0.15, -0.1) is 0 Å². The van der Waals surface area contributed by atoms with Gasteiger partial charge in [-0.25, -0.2) is 9.64 Å². The first kappa shape index (κ1) is 15.6. The molecule has 112 valence electrons. The van der Waals surface area contributed by atoms with Crippen molar-refractivity contribution in [2.75, 3.05) is 0 Å². The zero-order valence-electron chi connectivity index (χ0n) is 13.0. The van der Waals surface area contributed by atoms with Crippen LogP contribution in [0.15, 0.2) is 24.3 Å². The summed E-state index contributed by atoms with van der Waals surface area (Å²) in [5, 5.41) is 0. The molecule has 21 heavy (non-hydrogen) atoms. The fourth-order valence-corrected chi connectivity index (χ4v) is 3.16. The third-order valence-corrected chi connectivity index (χ3v) is 4.43. The largest absolute Gasteiger partial charge is 0.459 e. The van der Waals surface area contributed by atoms with Gasteiger partial charge < -0.3 is 4.74 Å². The van der Waals surface area contributed by atoms with Crippen LogP contribution in [0.25, 0.3) is 4.85 Å². The molecule has 0 heterocycles. The van der Waals surface area contributed by atoms with E-state index in [2.05, 4.69) is 25.6 Å². The van der Waals surface area contributed by atoms with Crippen LogP contribution < -0.4 is 0 Å². The first-order valence-electron chi connectivity index (χ1n) is 7.69. The highest BCUT2D eigenvalue weighted by Crippen LogP contribution is 2.35. The zero-order chi connectivity index (χ0) is 15.4. The van der Waals surface area contributed by atoms with Gasteiger partial charge in [-0.2, -0.15) is 0 Å². The maximum absolute atomic E-state index is 12.3. The Balaban J connectivity index is 2.10.